The van der Waals surface area contributed by atoms with Crippen LogP contribution < -0.4 is 0 Å². The van der Waals surface area contributed by atoms with Crippen LogP contribution >= 0.6 is 0 Å². The van der Waals surface area contributed by atoms with Crippen LogP contribution in [0.3, 0.4) is 0 Å². The Bertz CT molecular complexity index is 950. The summed E-state index contributed by atoms with van der Waals surface area (Å²) in [6.07, 6.45) is 1.40. The molecule has 1 aromatic heterocycles. The van der Waals surface area contributed by atoms with E-state index in [1.165, 1.54) is 4.68 Å². The van der Waals surface area contributed by atoms with Gasteiger partial charge in [-0.15, -0.1) is 5.11 Å². The van der Waals surface area contributed by atoms with Crippen LogP contribution in [0.2, 0.25) is 0 Å². The minimum atomic E-state index is -0.260. The Hall–Kier alpha value is -3.48. The number of azo groups is 1. The number of rotatable bonds is 8. The van der Waals surface area contributed by atoms with Crippen LogP contribution in [0.1, 0.15) is 37.1 Å². The van der Waals surface area contributed by atoms with E-state index in [-0.39, 0.29) is 12.0 Å². The molecule has 0 saturated heterocycles. The van der Waals surface area contributed by atoms with Crippen LogP contribution in [0.15, 0.2) is 64.8 Å². The highest BCUT2D eigenvalue weighted by molar-refractivity contribution is 5.54. The van der Waals surface area contributed by atoms with Crippen molar-refractivity contribution in [2.75, 3.05) is 0 Å². The standard InChI is InChI=1S/C21H22N4O3/c1-3-7-19(28-14-26)16-10-12-17(13-11-16)22-23-20-15(2)24-25(21(20)27)18-8-5-4-6-9-18/h4-6,8-14,19,27H,3,7H2,1-2H3. The highest BCUT2D eigenvalue weighted by atomic mass is 16.5. The second kappa shape index (κ2) is 8.94. The van der Waals surface area contributed by atoms with Gasteiger partial charge in [0.15, 0.2) is 5.69 Å². The van der Waals surface area contributed by atoms with Gasteiger partial charge in [-0.05, 0) is 43.2 Å². The Morgan fingerprint density at radius 2 is 1.86 bits per heavy atom. The fourth-order valence-corrected chi connectivity index (χ4v) is 2.88. The molecule has 1 atom stereocenters. The average Bonchev–Trinajstić information content (AvgIpc) is 3.01. The lowest BCUT2D eigenvalue weighted by Crippen LogP contribution is -2.02. The molecule has 0 aliphatic heterocycles. The highest BCUT2D eigenvalue weighted by Crippen LogP contribution is 2.34. The van der Waals surface area contributed by atoms with Crippen molar-refractivity contribution in [1.82, 2.24) is 9.78 Å². The van der Waals surface area contributed by atoms with Crippen molar-refractivity contribution in [3.8, 4) is 11.6 Å². The third kappa shape index (κ3) is 4.25. The number of para-hydroxylation sites is 1. The number of benzene rings is 2. The summed E-state index contributed by atoms with van der Waals surface area (Å²) in [4.78, 5) is 10.7. The second-order valence-corrected chi connectivity index (χ2v) is 6.31. The van der Waals surface area contributed by atoms with Gasteiger partial charge in [0.2, 0.25) is 5.88 Å². The van der Waals surface area contributed by atoms with E-state index in [2.05, 4.69) is 15.3 Å². The number of aromatic nitrogens is 2. The van der Waals surface area contributed by atoms with E-state index < -0.39 is 0 Å². The molecule has 0 radical (unpaired) electrons. The maximum absolute atomic E-state index is 10.7. The first-order valence-corrected chi connectivity index (χ1v) is 9.08. The smallest absolute Gasteiger partial charge is 0.293 e. The van der Waals surface area contributed by atoms with Gasteiger partial charge >= 0.3 is 0 Å². The van der Waals surface area contributed by atoms with Crippen LogP contribution in [0, 0.1) is 6.92 Å². The molecule has 3 aromatic rings. The van der Waals surface area contributed by atoms with Crippen molar-refractivity contribution >= 4 is 17.8 Å². The first-order chi connectivity index (χ1) is 13.6. The van der Waals surface area contributed by atoms with Crippen LogP contribution in [0.4, 0.5) is 11.4 Å². The van der Waals surface area contributed by atoms with Crippen molar-refractivity contribution in [2.45, 2.75) is 32.8 Å². The van der Waals surface area contributed by atoms with E-state index in [0.29, 0.717) is 23.5 Å². The zero-order chi connectivity index (χ0) is 19.9. The minimum Gasteiger partial charge on any atom is -0.492 e. The van der Waals surface area contributed by atoms with Gasteiger partial charge in [0.25, 0.3) is 6.47 Å². The maximum atomic E-state index is 10.7. The third-order valence-electron chi connectivity index (χ3n) is 4.31. The van der Waals surface area contributed by atoms with Gasteiger partial charge in [-0.1, -0.05) is 43.7 Å². The largest absolute Gasteiger partial charge is 0.492 e. The summed E-state index contributed by atoms with van der Waals surface area (Å²) in [5, 5.41) is 23.2. The first-order valence-electron chi connectivity index (χ1n) is 9.08. The summed E-state index contributed by atoms with van der Waals surface area (Å²) in [5.41, 5.74) is 3.16. The maximum Gasteiger partial charge on any atom is 0.293 e. The number of hydrogen-bond acceptors (Lipinski definition) is 6. The molecule has 7 heteroatoms. The molecule has 2 aromatic carbocycles. The Kier molecular flexibility index (Phi) is 6.16. The van der Waals surface area contributed by atoms with Gasteiger partial charge in [-0.25, -0.2) is 0 Å². The minimum absolute atomic E-state index is 0.0635. The van der Waals surface area contributed by atoms with Crippen molar-refractivity contribution in [1.29, 1.82) is 0 Å². The van der Waals surface area contributed by atoms with Gasteiger partial charge in [-0.3, -0.25) is 4.79 Å². The number of ether oxygens (including phenoxy) is 1. The predicted octanol–water partition coefficient (Wildman–Crippen LogP) is 5.32. The number of hydrogen-bond donors (Lipinski definition) is 1. The predicted molar refractivity (Wildman–Crippen MR) is 105 cm³/mol. The molecule has 3 rings (SSSR count). The number of aryl methyl sites for hydroxylation is 1. The molecule has 1 unspecified atom stereocenters. The average molecular weight is 378 g/mol. The summed E-state index contributed by atoms with van der Waals surface area (Å²) < 4.78 is 6.56. The van der Waals surface area contributed by atoms with Crippen molar-refractivity contribution < 1.29 is 14.6 Å². The Balaban J connectivity index is 1.81. The van der Waals surface area contributed by atoms with Crippen molar-refractivity contribution in [2.24, 2.45) is 10.2 Å². The topological polar surface area (TPSA) is 89.1 Å². The van der Waals surface area contributed by atoms with Gasteiger partial charge < -0.3 is 9.84 Å². The number of carbonyl (C=O) groups is 1. The lowest BCUT2D eigenvalue weighted by atomic mass is 10.0. The van der Waals surface area contributed by atoms with Gasteiger partial charge in [0, 0.05) is 0 Å². The van der Waals surface area contributed by atoms with Crippen LogP contribution in [0.25, 0.3) is 5.69 Å². The number of aromatic hydroxyl groups is 1. The van der Waals surface area contributed by atoms with E-state index in [0.717, 1.165) is 24.1 Å². The molecule has 144 valence electrons. The molecule has 28 heavy (non-hydrogen) atoms. The summed E-state index contributed by atoms with van der Waals surface area (Å²) in [7, 11) is 0. The molecule has 0 bridgehead atoms. The van der Waals surface area contributed by atoms with E-state index in [1.807, 2.05) is 49.4 Å². The molecule has 0 spiro atoms. The van der Waals surface area contributed by atoms with Gasteiger partial charge in [0.05, 0.1) is 17.1 Å². The number of carbonyl (C=O) groups excluding carboxylic acids is 1. The van der Waals surface area contributed by atoms with Crippen LogP contribution in [-0.2, 0) is 9.53 Å². The zero-order valence-electron chi connectivity index (χ0n) is 15.8. The molecule has 0 aliphatic carbocycles. The third-order valence-corrected chi connectivity index (χ3v) is 4.31. The van der Waals surface area contributed by atoms with E-state index in [4.69, 9.17) is 4.74 Å². The Morgan fingerprint density at radius 3 is 2.50 bits per heavy atom. The van der Waals surface area contributed by atoms with Crippen molar-refractivity contribution in [3.63, 3.8) is 0 Å². The molecule has 1 heterocycles. The molecule has 0 aliphatic rings. The normalized spacial score (nSPS) is 12.2. The number of nitrogens with zero attached hydrogens (tertiary/aromatic N) is 4. The fraction of sp³-hybridized carbons (Fsp3) is 0.238. The van der Waals surface area contributed by atoms with Crippen LogP contribution in [0.5, 0.6) is 5.88 Å². The second-order valence-electron chi connectivity index (χ2n) is 6.31. The van der Waals surface area contributed by atoms with Crippen LogP contribution in [-0.4, -0.2) is 21.4 Å². The lowest BCUT2D eigenvalue weighted by Gasteiger charge is -2.14. The molecule has 0 saturated carbocycles. The fourth-order valence-electron chi connectivity index (χ4n) is 2.88. The summed E-state index contributed by atoms with van der Waals surface area (Å²) in [5.74, 6) is -0.0635. The van der Waals surface area contributed by atoms with E-state index in [1.54, 1.807) is 19.1 Å². The SMILES string of the molecule is CCCC(OC=O)c1ccc(N=Nc2c(C)nn(-c3ccccc3)c2O)cc1. The molecule has 0 fully saturated rings. The molecular formula is C21H22N4O3. The van der Waals surface area contributed by atoms with E-state index >= 15 is 0 Å². The molecule has 7 nitrogen and oxygen atoms in total. The summed E-state index contributed by atoms with van der Waals surface area (Å²) in [6.45, 7) is 4.28. The zero-order valence-corrected chi connectivity index (χ0v) is 15.8. The molecule has 1 N–H and O–H groups in total. The van der Waals surface area contributed by atoms with Gasteiger partial charge in [0.1, 0.15) is 6.10 Å². The monoisotopic (exact) mass is 378 g/mol. The van der Waals surface area contributed by atoms with Crippen molar-refractivity contribution in [3.05, 3.63) is 65.9 Å². The van der Waals surface area contributed by atoms with E-state index in [9.17, 15) is 9.90 Å². The summed E-state index contributed by atoms with van der Waals surface area (Å²) >= 11 is 0. The highest BCUT2D eigenvalue weighted by Gasteiger charge is 2.15. The first kappa shape index (κ1) is 19.3. The lowest BCUT2D eigenvalue weighted by molar-refractivity contribution is -0.134. The Labute approximate surface area is 163 Å². The summed E-state index contributed by atoms with van der Waals surface area (Å²) in [6, 6.07) is 16.6. The quantitative estimate of drug-likeness (QED) is 0.424. The van der Waals surface area contributed by atoms with Gasteiger partial charge in [-0.2, -0.15) is 14.9 Å². The molecule has 0 amide bonds. The molecular weight excluding hydrogens is 356 g/mol. The Morgan fingerprint density at radius 1 is 1.14 bits per heavy atom.